The molecule has 2 rings (SSSR count). The molecule has 2 heteroatoms. The van der Waals surface area contributed by atoms with Gasteiger partial charge in [-0.05, 0) is 44.2 Å². The molecule has 2 atom stereocenters. The third kappa shape index (κ3) is 2.48. The Kier molecular flexibility index (Phi) is 3.45. The molecular formula is C12H24N2. The zero-order chi connectivity index (χ0) is 9.97. The van der Waals surface area contributed by atoms with Crippen molar-refractivity contribution in [2.75, 3.05) is 26.2 Å². The lowest BCUT2D eigenvalue weighted by molar-refractivity contribution is 0.300. The van der Waals surface area contributed by atoms with Crippen molar-refractivity contribution in [1.29, 1.82) is 0 Å². The van der Waals surface area contributed by atoms with Crippen molar-refractivity contribution >= 4 is 0 Å². The van der Waals surface area contributed by atoms with Crippen molar-refractivity contribution in [3.05, 3.63) is 0 Å². The first-order valence-electron chi connectivity index (χ1n) is 6.21. The maximum Gasteiger partial charge on any atom is 0.0235 e. The minimum absolute atomic E-state index is 0.828. The van der Waals surface area contributed by atoms with Gasteiger partial charge in [-0.3, -0.25) is 0 Å². The van der Waals surface area contributed by atoms with Crippen LogP contribution in [0, 0.1) is 11.8 Å². The Morgan fingerprint density at radius 3 is 2.93 bits per heavy atom. The number of rotatable bonds is 4. The molecule has 82 valence electrons. The zero-order valence-electron chi connectivity index (χ0n) is 9.63. The van der Waals surface area contributed by atoms with Crippen LogP contribution in [0.25, 0.3) is 0 Å². The summed E-state index contributed by atoms with van der Waals surface area (Å²) in [5.41, 5.74) is 0. The summed E-state index contributed by atoms with van der Waals surface area (Å²) >= 11 is 0. The van der Waals surface area contributed by atoms with Gasteiger partial charge in [-0.1, -0.05) is 13.8 Å². The molecule has 0 radical (unpaired) electrons. The minimum atomic E-state index is 0.828. The Morgan fingerprint density at radius 1 is 1.36 bits per heavy atom. The highest BCUT2D eigenvalue weighted by atomic mass is 15.2. The highest BCUT2D eigenvalue weighted by Crippen LogP contribution is 2.24. The summed E-state index contributed by atoms with van der Waals surface area (Å²) in [5, 5.41) is 3.61. The van der Waals surface area contributed by atoms with Gasteiger partial charge in [0, 0.05) is 19.1 Å². The van der Waals surface area contributed by atoms with Crippen molar-refractivity contribution in [3.63, 3.8) is 0 Å². The summed E-state index contributed by atoms with van der Waals surface area (Å²) in [5.74, 6) is 1.84. The second-order valence-corrected chi connectivity index (χ2v) is 5.41. The topological polar surface area (TPSA) is 15.3 Å². The van der Waals surface area contributed by atoms with Gasteiger partial charge in [0.1, 0.15) is 0 Å². The van der Waals surface area contributed by atoms with Crippen LogP contribution in [0.3, 0.4) is 0 Å². The molecular weight excluding hydrogens is 172 g/mol. The number of nitrogens with one attached hydrogen (secondary N) is 1. The summed E-state index contributed by atoms with van der Waals surface area (Å²) < 4.78 is 0. The molecule has 0 aliphatic carbocycles. The largest absolute Gasteiger partial charge is 0.312 e. The van der Waals surface area contributed by atoms with Crippen molar-refractivity contribution < 1.29 is 0 Å². The number of nitrogens with zero attached hydrogens (tertiary/aromatic N) is 1. The Labute approximate surface area is 88.1 Å². The Hall–Kier alpha value is -0.0800. The Bertz CT molecular complexity index is 167. The summed E-state index contributed by atoms with van der Waals surface area (Å²) in [4.78, 5) is 2.66. The molecule has 0 amide bonds. The summed E-state index contributed by atoms with van der Waals surface area (Å²) in [6.45, 7) is 9.89. The summed E-state index contributed by atoms with van der Waals surface area (Å²) in [6.07, 6.45) is 4.18. The lowest BCUT2D eigenvalue weighted by Gasteiger charge is -2.17. The van der Waals surface area contributed by atoms with E-state index in [-0.39, 0.29) is 0 Å². The van der Waals surface area contributed by atoms with E-state index >= 15 is 0 Å². The van der Waals surface area contributed by atoms with E-state index < -0.39 is 0 Å². The molecule has 2 nitrogen and oxygen atoms in total. The molecule has 2 fully saturated rings. The molecule has 0 spiro atoms. The number of fused-ring (bicyclic) bond motifs is 1. The fourth-order valence-electron chi connectivity index (χ4n) is 2.84. The van der Waals surface area contributed by atoms with Crippen molar-refractivity contribution in [2.45, 2.75) is 39.2 Å². The van der Waals surface area contributed by atoms with Crippen LogP contribution in [0.5, 0.6) is 0 Å². The molecule has 0 aromatic carbocycles. The average Bonchev–Trinajstić information content (AvgIpc) is 2.62. The van der Waals surface area contributed by atoms with Crippen LogP contribution >= 0.6 is 0 Å². The highest BCUT2D eigenvalue weighted by molar-refractivity contribution is 4.93. The fourth-order valence-corrected chi connectivity index (χ4v) is 2.84. The van der Waals surface area contributed by atoms with Crippen LogP contribution in [-0.2, 0) is 0 Å². The van der Waals surface area contributed by atoms with Crippen molar-refractivity contribution in [3.8, 4) is 0 Å². The molecule has 2 heterocycles. The van der Waals surface area contributed by atoms with Crippen LogP contribution in [0.15, 0.2) is 0 Å². The van der Waals surface area contributed by atoms with Crippen LogP contribution in [0.1, 0.15) is 33.1 Å². The van der Waals surface area contributed by atoms with Crippen molar-refractivity contribution in [2.24, 2.45) is 11.8 Å². The number of hydrogen-bond donors (Lipinski definition) is 1. The van der Waals surface area contributed by atoms with Gasteiger partial charge in [-0.25, -0.2) is 0 Å². The molecule has 0 aromatic rings. The quantitative estimate of drug-likeness (QED) is 0.736. The Balaban J connectivity index is 1.64. The van der Waals surface area contributed by atoms with Gasteiger partial charge in [0.25, 0.3) is 0 Å². The van der Waals surface area contributed by atoms with Gasteiger partial charge in [-0.2, -0.15) is 0 Å². The first-order chi connectivity index (χ1) is 6.75. The molecule has 0 aromatic heterocycles. The van der Waals surface area contributed by atoms with Gasteiger partial charge in [0.2, 0.25) is 0 Å². The zero-order valence-corrected chi connectivity index (χ0v) is 9.63. The smallest absolute Gasteiger partial charge is 0.0235 e. The van der Waals surface area contributed by atoms with E-state index in [4.69, 9.17) is 0 Å². The molecule has 0 unspecified atom stereocenters. The Morgan fingerprint density at radius 2 is 2.21 bits per heavy atom. The number of hydrogen-bond acceptors (Lipinski definition) is 2. The molecule has 0 bridgehead atoms. The molecule has 0 saturated carbocycles. The van der Waals surface area contributed by atoms with E-state index in [9.17, 15) is 0 Å². The predicted octanol–water partition coefficient (Wildman–Crippen LogP) is 1.72. The van der Waals surface area contributed by atoms with Gasteiger partial charge >= 0.3 is 0 Å². The van der Waals surface area contributed by atoms with E-state index in [1.165, 1.54) is 45.4 Å². The number of likely N-dealkylation sites (tertiary alicyclic amines) is 1. The van der Waals surface area contributed by atoms with Crippen LogP contribution in [0.4, 0.5) is 0 Å². The van der Waals surface area contributed by atoms with Gasteiger partial charge in [0.05, 0.1) is 0 Å². The van der Waals surface area contributed by atoms with E-state index in [0.717, 1.165) is 17.9 Å². The normalized spacial score (nSPS) is 32.8. The fraction of sp³-hybridized carbons (Fsp3) is 1.00. The predicted molar refractivity (Wildman–Crippen MR) is 60.4 cm³/mol. The second kappa shape index (κ2) is 4.63. The molecule has 2 aliphatic heterocycles. The van der Waals surface area contributed by atoms with Crippen LogP contribution in [-0.4, -0.2) is 37.1 Å². The van der Waals surface area contributed by atoms with E-state index in [2.05, 4.69) is 24.1 Å². The van der Waals surface area contributed by atoms with E-state index in [1.54, 1.807) is 0 Å². The first kappa shape index (κ1) is 10.4. The summed E-state index contributed by atoms with van der Waals surface area (Å²) in [7, 11) is 0. The van der Waals surface area contributed by atoms with Gasteiger partial charge < -0.3 is 10.2 Å². The van der Waals surface area contributed by atoms with Crippen molar-refractivity contribution in [1.82, 2.24) is 10.2 Å². The van der Waals surface area contributed by atoms with Gasteiger partial charge in [0.15, 0.2) is 0 Å². The first-order valence-corrected chi connectivity index (χ1v) is 6.21. The van der Waals surface area contributed by atoms with E-state index in [0.29, 0.717) is 0 Å². The minimum Gasteiger partial charge on any atom is -0.312 e. The van der Waals surface area contributed by atoms with Crippen LogP contribution < -0.4 is 5.32 Å². The summed E-state index contributed by atoms with van der Waals surface area (Å²) in [6, 6.07) is 0.828. The monoisotopic (exact) mass is 196 g/mol. The lowest BCUT2D eigenvalue weighted by atomic mass is 10.1. The molecule has 2 aliphatic rings. The van der Waals surface area contributed by atoms with Gasteiger partial charge in [-0.15, -0.1) is 0 Å². The maximum atomic E-state index is 3.61. The third-order valence-corrected chi connectivity index (χ3v) is 3.69. The lowest BCUT2D eigenvalue weighted by Crippen LogP contribution is -2.30. The van der Waals surface area contributed by atoms with E-state index in [1.807, 2.05) is 0 Å². The maximum absolute atomic E-state index is 3.61. The molecule has 1 N–H and O–H groups in total. The van der Waals surface area contributed by atoms with Crippen LogP contribution in [0.2, 0.25) is 0 Å². The molecule has 2 saturated heterocycles. The standard InChI is InChI=1S/C12H24N2/c1-10(2)4-3-7-14-8-11-5-6-13-12(11)9-14/h10-13H,3-9H2,1-2H3/t11-,12+/m0/s1. The molecule has 14 heavy (non-hydrogen) atoms. The average molecular weight is 196 g/mol. The highest BCUT2D eigenvalue weighted by Gasteiger charge is 2.35. The second-order valence-electron chi connectivity index (χ2n) is 5.41. The third-order valence-electron chi connectivity index (χ3n) is 3.69. The SMILES string of the molecule is CC(C)CCCN1C[C@@H]2CCN[C@@H]2C1.